The summed E-state index contributed by atoms with van der Waals surface area (Å²) in [6, 6.07) is 19.7. The average Bonchev–Trinajstić information content (AvgIpc) is 3.08. The minimum atomic E-state index is -0.597. The van der Waals surface area contributed by atoms with Gasteiger partial charge in [0.1, 0.15) is 12.4 Å². The molecule has 4 aromatic rings. The quantitative estimate of drug-likeness (QED) is 0.540. The Morgan fingerprint density at radius 2 is 1.84 bits per heavy atom. The molecule has 0 saturated carbocycles. The number of nitrogens with zero attached hydrogens (tertiary/aromatic N) is 3. The van der Waals surface area contributed by atoms with E-state index >= 15 is 0 Å². The molecule has 0 spiro atoms. The molecule has 0 unspecified atom stereocenters. The molecule has 126 valence electrons. The van der Waals surface area contributed by atoms with E-state index in [1.54, 1.807) is 0 Å². The maximum atomic E-state index is 10.3. The molecule has 0 aliphatic heterocycles. The lowest BCUT2D eigenvalue weighted by Gasteiger charge is -2.13. The Bertz CT molecular complexity index is 997. The number of aromatic nitrogens is 3. The lowest BCUT2D eigenvalue weighted by atomic mass is 10.1. The molecule has 0 aliphatic rings. The van der Waals surface area contributed by atoms with Crippen LogP contribution in [0.1, 0.15) is 0 Å². The summed E-state index contributed by atoms with van der Waals surface area (Å²) in [4.78, 5) is 0. The van der Waals surface area contributed by atoms with Crippen molar-refractivity contribution in [3.8, 4) is 5.75 Å². The first-order chi connectivity index (χ1) is 12.3. The number of fused-ring (bicyclic) bond motifs is 2. The zero-order valence-electron chi connectivity index (χ0n) is 13.4. The number of hydrogen-bond donors (Lipinski definition) is 1. The van der Waals surface area contributed by atoms with Gasteiger partial charge in [-0.05, 0) is 23.6 Å². The molecule has 0 aliphatic carbocycles. The first kappa shape index (κ1) is 15.9. The van der Waals surface area contributed by atoms with Crippen molar-refractivity contribution in [3.63, 3.8) is 0 Å². The second kappa shape index (κ2) is 7.13. The van der Waals surface area contributed by atoms with Crippen molar-refractivity contribution in [2.24, 2.45) is 0 Å². The van der Waals surface area contributed by atoms with Crippen LogP contribution in [0.15, 0.2) is 72.0 Å². The lowest BCUT2D eigenvalue weighted by molar-refractivity contribution is 0.127. The highest BCUT2D eigenvalue weighted by Crippen LogP contribution is 2.25. The Kier molecular flexibility index (Phi) is 4.54. The molecule has 2 heterocycles. The first-order valence-electron chi connectivity index (χ1n) is 8.02. The Morgan fingerprint density at radius 1 is 1.00 bits per heavy atom. The lowest BCUT2D eigenvalue weighted by Crippen LogP contribution is -2.20. The third kappa shape index (κ3) is 3.45. The highest BCUT2D eigenvalue weighted by Gasteiger charge is 2.11. The van der Waals surface area contributed by atoms with Gasteiger partial charge in [-0.25, -0.2) is 0 Å². The number of aliphatic hydroxyl groups excluding tert-OH is 1. The second-order valence-corrected chi connectivity index (χ2v) is 6.65. The Hall–Kier alpha value is -2.57. The van der Waals surface area contributed by atoms with E-state index < -0.39 is 6.10 Å². The van der Waals surface area contributed by atoms with Gasteiger partial charge in [0.15, 0.2) is 10.8 Å². The molecule has 0 saturated heterocycles. The van der Waals surface area contributed by atoms with Gasteiger partial charge in [0.05, 0.1) is 6.10 Å². The van der Waals surface area contributed by atoms with Crippen molar-refractivity contribution < 1.29 is 9.84 Å². The zero-order valence-corrected chi connectivity index (χ0v) is 14.3. The molecule has 2 aromatic carbocycles. The molecule has 25 heavy (non-hydrogen) atoms. The number of hydrogen-bond acceptors (Lipinski definition) is 5. The molecular formula is C19H17N3O2S. The molecule has 5 nitrogen and oxygen atoms in total. The summed E-state index contributed by atoms with van der Waals surface area (Å²) >= 11 is 1.46. The Labute approximate surface area is 149 Å². The van der Waals surface area contributed by atoms with Gasteiger partial charge in [-0.2, -0.15) is 0 Å². The third-order valence-electron chi connectivity index (χ3n) is 3.87. The molecule has 4 rings (SSSR count). The van der Waals surface area contributed by atoms with E-state index in [9.17, 15) is 5.11 Å². The maximum Gasteiger partial charge on any atom is 0.195 e. The number of ether oxygens (including phenoxy) is 1. The van der Waals surface area contributed by atoms with Crippen LogP contribution in [-0.2, 0) is 0 Å². The number of aliphatic hydroxyl groups is 1. The predicted octanol–water partition coefficient (Wildman–Crippen LogP) is 3.41. The first-order valence-corrected chi connectivity index (χ1v) is 9.01. The highest BCUT2D eigenvalue weighted by molar-refractivity contribution is 7.99. The summed E-state index contributed by atoms with van der Waals surface area (Å²) in [7, 11) is 0. The van der Waals surface area contributed by atoms with Crippen LogP contribution in [-0.4, -0.2) is 38.2 Å². The van der Waals surface area contributed by atoms with Crippen molar-refractivity contribution in [3.05, 3.63) is 66.9 Å². The van der Waals surface area contributed by atoms with Crippen molar-refractivity contribution >= 4 is 28.2 Å². The maximum absolute atomic E-state index is 10.3. The van der Waals surface area contributed by atoms with E-state index in [4.69, 9.17) is 4.74 Å². The third-order valence-corrected chi connectivity index (χ3v) is 4.96. The van der Waals surface area contributed by atoms with Gasteiger partial charge in [-0.3, -0.25) is 4.40 Å². The van der Waals surface area contributed by atoms with Crippen molar-refractivity contribution in [1.82, 2.24) is 14.6 Å². The summed E-state index contributed by atoms with van der Waals surface area (Å²) in [5.41, 5.74) is 0.798. The summed E-state index contributed by atoms with van der Waals surface area (Å²) in [5.74, 6) is 1.27. The van der Waals surface area contributed by atoms with Gasteiger partial charge in [0.25, 0.3) is 0 Å². The number of rotatable bonds is 6. The fraction of sp³-hybridized carbons (Fsp3) is 0.158. The normalized spacial score (nSPS) is 12.5. The minimum Gasteiger partial charge on any atom is -0.490 e. The van der Waals surface area contributed by atoms with Crippen LogP contribution in [0, 0.1) is 0 Å². The molecule has 0 bridgehead atoms. The summed E-state index contributed by atoms with van der Waals surface area (Å²) in [6.45, 7) is 0.234. The molecule has 1 N–H and O–H groups in total. The topological polar surface area (TPSA) is 59.7 Å². The van der Waals surface area contributed by atoms with Crippen LogP contribution in [0.4, 0.5) is 0 Å². The van der Waals surface area contributed by atoms with Gasteiger partial charge in [-0.1, -0.05) is 54.2 Å². The van der Waals surface area contributed by atoms with Gasteiger partial charge < -0.3 is 9.84 Å². The van der Waals surface area contributed by atoms with E-state index in [1.807, 2.05) is 71.3 Å². The van der Waals surface area contributed by atoms with E-state index in [0.29, 0.717) is 5.75 Å². The minimum absolute atomic E-state index is 0.234. The molecule has 2 aromatic heterocycles. The number of benzene rings is 2. The summed E-state index contributed by atoms with van der Waals surface area (Å²) in [6.07, 6.45) is 1.32. The average molecular weight is 351 g/mol. The Morgan fingerprint density at radius 3 is 2.80 bits per heavy atom. The van der Waals surface area contributed by atoms with E-state index in [-0.39, 0.29) is 6.61 Å². The number of thioether (sulfide) groups is 1. The van der Waals surface area contributed by atoms with E-state index in [2.05, 4.69) is 10.2 Å². The van der Waals surface area contributed by atoms with E-state index in [0.717, 1.165) is 27.3 Å². The van der Waals surface area contributed by atoms with Crippen LogP contribution in [0.3, 0.4) is 0 Å². The molecule has 0 fully saturated rings. The molecule has 0 radical (unpaired) electrons. The van der Waals surface area contributed by atoms with Crippen LogP contribution in [0.25, 0.3) is 16.4 Å². The van der Waals surface area contributed by atoms with E-state index in [1.165, 1.54) is 11.8 Å². The SMILES string of the molecule is O[C@@H](COc1cccc2ccccc12)CSc1nnc2ccccn12. The smallest absolute Gasteiger partial charge is 0.195 e. The fourth-order valence-electron chi connectivity index (χ4n) is 2.64. The van der Waals surface area contributed by atoms with Gasteiger partial charge in [0, 0.05) is 17.3 Å². The molecule has 1 atom stereocenters. The summed E-state index contributed by atoms with van der Waals surface area (Å²) < 4.78 is 7.74. The van der Waals surface area contributed by atoms with Gasteiger partial charge in [0.2, 0.25) is 0 Å². The monoisotopic (exact) mass is 351 g/mol. The highest BCUT2D eigenvalue weighted by atomic mass is 32.2. The van der Waals surface area contributed by atoms with Crippen LogP contribution < -0.4 is 4.74 Å². The van der Waals surface area contributed by atoms with Crippen LogP contribution in [0.5, 0.6) is 5.75 Å². The zero-order chi connectivity index (χ0) is 17.1. The second-order valence-electron chi connectivity index (χ2n) is 5.66. The van der Waals surface area contributed by atoms with Crippen molar-refractivity contribution in [2.45, 2.75) is 11.3 Å². The predicted molar refractivity (Wildman–Crippen MR) is 99.2 cm³/mol. The molecule has 0 amide bonds. The largest absolute Gasteiger partial charge is 0.490 e. The molecule has 6 heteroatoms. The standard InChI is InChI=1S/C19H17N3O2S/c23-15(13-25-19-21-20-18-10-3-4-11-22(18)19)12-24-17-9-5-7-14-6-1-2-8-16(14)17/h1-11,15,23H,12-13H2/t15-/m0/s1. The Balaban J connectivity index is 1.38. The molecular weight excluding hydrogens is 334 g/mol. The number of pyridine rings is 1. The van der Waals surface area contributed by atoms with Gasteiger partial charge in [-0.15, -0.1) is 10.2 Å². The van der Waals surface area contributed by atoms with Crippen molar-refractivity contribution in [2.75, 3.05) is 12.4 Å². The van der Waals surface area contributed by atoms with Crippen LogP contribution in [0.2, 0.25) is 0 Å². The van der Waals surface area contributed by atoms with Gasteiger partial charge >= 0.3 is 0 Å². The fourth-order valence-corrected chi connectivity index (χ4v) is 3.47. The van der Waals surface area contributed by atoms with Crippen molar-refractivity contribution in [1.29, 1.82) is 0 Å². The van der Waals surface area contributed by atoms with Crippen LogP contribution >= 0.6 is 11.8 Å². The summed E-state index contributed by atoms with van der Waals surface area (Å²) in [5, 5.41) is 21.4.